The third-order valence-electron chi connectivity index (χ3n) is 2.49. The fourth-order valence-corrected chi connectivity index (χ4v) is 3.00. The molecule has 5 N–H and O–H groups in total. The van der Waals surface area contributed by atoms with E-state index in [1.165, 1.54) is 5.56 Å². The first-order valence-electron chi connectivity index (χ1n) is 5.07. The van der Waals surface area contributed by atoms with Crippen LogP contribution in [0.15, 0.2) is 23.4 Å². The summed E-state index contributed by atoms with van der Waals surface area (Å²) in [5, 5.41) is 9.88. The van der Waals surface area contributed by atoms with Crippen molar-refractivity contribution in [1.82, 2.24) is 9.99 Å². The van der Waals surface area contributed by atoms with Crippen LogP contribution in [0.2, 0.25) is 0 Å². The highest BCUT2D eigenvalue weighted by molar-refractivity contribution is 7.99. The number of hydrazine groups is 1. The van der Waals surface area contributed by atoms with E-state index in [0.29, 0.717) is 19.0 Å². The van der Waals surface area contributed by atoms with Crippen LogP contribution in [-0.2, 0) is 0 Å². The fourth-order valence-electron chi connectivity index (χ4n) is 1.82. The summed E-state index contributed by atoms with van der Waals surface area (Å²) < 4.78 is 0. The SMILES string of the molecule is N=C(N)CN(N)CC1CSc2ncccc21. The fraction of sp³-hybridized carbons (Fsp3) is 0.400. The number of nitrogens with two attached hydrogens (primary N) is 2. The predicted octanol–water partition coefficient (Wildman–Crippen LogP) is 0.383. The van der Waals surface area contributed by atoms with Crippen molar-refractivity contribution in [3.63, 3.8) is 0 Å². The maximum Gasteiger partial charge on any atom is 0.106 e. The Morgan fingerprint density at radius 3 is 3.25 bits per heavy atom. The molecule has 0 aromatic carbocycles. The van der Waals surface area contributed by atoms with Crippen molar-refractivity contribution in [3.05, 3.63) is 23.9 Å². The molecule has 86 valence electrons. The maximum atomic E-state index is 7.18. The van der Waals surface area contributed by atoms with E-state index in [0.717, 1.165) is 10.8 Å². The summed E-state index contributed by atoms with van der Waals surface area (Å²) in [5.41, 5.74) is 6.56. The molecule has 0 spiro atoms. The Bertz CT molecular complexity index is 395. The molecular weight excluding hydrogens is 222 g/mol. The van der Waals surface area contributed by atoms with Gasteiger partial charge in [-0.15, -0.1) is 11.8 Å². The van der Waals surface area contributed by atoms with E-state index < -0.39 is 0 Å². The van der Waals surface area contributed by atoms with Crippen molar-refractivity contribution in [3.8, 4) is 0 Å². The highest BCUT2D eigenvalue weighted by Gasteiger charge is 2.25. The molecule has 1 aromatic heterocycles. The second kappa shape index (κ2) is 4.82. The van der Waals surface area contributed by atoms with Crippen molar-refractivity contribution in [2.75, 3.05) is 18.8 Å². The van der Waals surface area contributed by atoms with Crippen molar-refractivity contribution in [2.45, 2.75) is 10.9 Å². The van der Waals surface area contributed by atoms with Crippen LogP contribution in [-0.4, -0.2) is 34.7 Å². The van der Waals surface area contributed by atoms with E-state index in [2.05, 4.69) is 11.1 Å². The molecule has 0 aliphatic carbocycles. The van der Waals surface area contributed by atoms with Gasteiger partial charge < -0.3 is 5.73 Å². The molecule has 1 unspecified atom stereocenters. The molecule has 0 radical (unpaired) electrons. The van der Waals surface area contributed by atoms with Crippen LogP contribution in [0.1, 0.15) is 11.5 Å². The monoisotopic (exact) mass is 237 g/mol. The molecule has 16 heavy (non-hydrogen) atoms. The van der Waals surface area contributed by atoms with Crippen LogP contribution in [0.4, 0.5) is 0 Å². The summed E-state index contributed by atoms with van der Waals surface area (Å²) in [7, 11) is 0. The van der Waals surface area contributed by atoms with Crippen LogP contribution < -0.4 is 11.6 Å². The minimum atomic E-state index is 0.0968. The highest BCUT2D eigenvalue weighted by Crippen LogP contribution is 2.37. The molecule has 0 amide bonds. The third-order valence-corrected chi connectivity index (χ3v) is 3.67. The van der Waals surface area contributed by atoms with Gasteiger partial charge in [-0.3, -0.25) is 11.3 Å². The van der Waals surface area contributed by atoms with Gasteiger partial charge in [-0.05, 0) is 11.6 Å². The lowest BCUT2D eigenvalue weighted by Crippen LogP contribution is -2.41. The summed E-state index contributed by atoms with van der Waals surface area (Å²) >= 11 is 1.76. The summed E-state index contributed by atoms with van der Waals surface area (Å²) in [4.78, 5) is 4.31. The molecule has 2 rings (SSSR count). The second-order valence-electron chi connectivity index (χ2n) is 3.86. The number of aromatic nitrogens is 1. The molecule has 1 atom stereocenters. The first-order chi connectivity index (χ1) is 7.66. The Labute approximate surface area is 98.7 Å². The first-order valence-corrected chi connectivity index (χ1v) is 6.05. The van der Waals surface area contributed by atoms with Crippen LogP contribution in [0.5, 0.6) is 0 Å². The molecule has 6 heteroatoms. The zero-order chi connectivity index (χ0) is 11.5. The first kappa shape index (κ1) is 11.4. The van der Waals surface area contributed by atoms with Crippen LogP contribution in [0.3, 0.4) is 0 Å². The highest BCUT2D eigenvalue weighted by atomic mass is 32.2. The lowest BCUT2D eigenvalue weighted by atomic mass is 10.0. The molecule has 2 heterocycles. The number of thioether (sulfide) groups is 1. The number of nitrogens with one attached hydrogen (secondary N) is 1. The molecule has 0 saturated heterocycles. The third kappa shape index (κ3) is 2.52. The smallest absolute Gasteiger partial charge is 0.106 e. The number of fused-ring (bicyclic) bond motifs is 1. The van der Waals surface area contributed by atoms with Gasteiger partial charge in [0.25, 0.3) is 0 Å². The molecule has 5 nitrogen and oxygen atoms in total. The van der Waals surface area contributed by atoms with E-state index in [4.69, 9.17) is 17.0 Å². The van der Waals surface area contributed by atoms with Crippen molar-refractivity contribution in [1.29, 1.82) is 5.41 Å². The zero-order valence-electron chi connectivity index (χ0n) is 8.89. The number of amidine groups is 1. The van der Waals surface area contributed by atoms with E-state index in [1.807, 2.05) is 12.3 Å². The summed E-state index contributed by atoms with van der Waals surface area (Å²) in [6.07, 6.45) is 1.81. The summed E-state index contributed by atoms with van der Waals surface area (Å²) in [6, 6.07) is 4.04. The Kier molecular flexibility index (Phi) is 3.42. The van der Waals surface area contributed by atoms with Gasteiger partial charge >= 0.3 is 0 Å². The largest absolute Gasteiger partial charge is 0.387 e. The lowest BCUT2D eigenvalue weighted by molar-refractivity contribution is 0.307. The molecule has 0 saturated carbocycles. The van der Waals surface area contributed by atoms with Gasteiger partial charge in [-0.25, -0.2) is 9.99 Å². The Morgan fingerprint density at radius 2 is 2.50 bits per heavy atom. The van der Waals surface area contributed by atoms with Crippen LogP contribution >= 0.6 is 11.8 Å². The van der Waals surface area contributed by atoms with Crippen LogP contribution in [0.25, 0.3) is 0 Å². The summed E-state index contributed by atoms with van der Waals surface area (Å²) in [6.45, 7) is 1.03. The Hall–Kier alpha value is -1.11. The topological polar surface area (TPSA) is 92.0 Å². The second-order valence-corrected chi connectivity index (χ2v) is 4.87. The molecule has 1 aliphatic heterocycles. The molecule has 0 fully saturated rings. The van der Waals surface area contributed by atoms with Gasteiger partial charge in [0.05, 0.1) is 11.6 Å². The minimum absolute atomic E-state index is 0.0968. The van der Waals surface area contributed by atoms with E-state index >= 15 is 0 Å². The quantitative estimate of drug-likeness (QED) is 0.305. The van der Waals surface area contributed by atoms with Crippen molar-refractivity contribution < 1.29 is 0 Å². The molecule has 0 bridgehead atoms. The Balaban J connectivity index is 2.00. The zero-order valence-corrected chi connectivity index (χ0v) is 9.70. The van der Waals surface area contributed by atoms with Gasteiger partial charge in [-0.1, -0.05) is 6.07 Å². The average Bonchev–Trinajstić information content (AvgIpc) is 2.61. The van der Waals surface area contributed by atoms with E-state index in [9.17, 15) is 0 Å². The predicted molar refractivity (Wildman–Crippen MR) is 65.4 cm³/mol. The van der Waals surface area contributed by atoms with E-state index in [1.54, 1.807) is 16.8 Å². The van der Waals surface area contributed by atoms with Crippen molar-refractivity contribution >= 4 is 17.6 Å². The maximum absolute atomic E-state index is 7.18. The standard InChI is InChI=1S/C10H15N5S/c11-9(12)5-15(13)4-7-6-16-10-8(7)2-1-3-14-10/h1-3,7H,4-6,13H2,(H3,11,12). The van der Waals surface area contributed by atoms with Gasteiger partial charge in [0.2, 0.25) is 0 Å². The van der Waals surface area contributed by atoms with Crippen LogP contribution in [0, 0.1) is 5.41 Å². The van der Waals surface area contributed by atoms with Gasteiger partial charge in [-0.2, -0.15) is 0 Å². The molecule has 1 aliphatic rings. The van der Waals surface area contributed by atoms with Crippen molar-refractivity contribution in [2.24, 2.45) is 11.6 Å². The number of rotatable bonds is 4. The van der Waals surface area contributed by atoms with Gasteiger partial charge in [0.15, 0.2) is 0 Å². The minimum Gasteiger partial charge on any atom is -0.387 e. The van der Waals surface area contributed by atoms with Gasteiger partial charge in [0.1, 0.15) is 5.84 Å². The molecular formula is C10H15N5S. The normalized spacial score (nSPS) is 18.8. The summed E-state index contributed by atoms with van der Waals surface area (Å²) in [5.74, 6) is 7.28. The number of pyridine rings is 1. The number of nitrogens with zero attached hydrogens (tertiary/aromatic N) is 2. The number of hydrogen-bond donors (Lipinski definition) is 3. The van der Waals surface area contributed by atoms with Gasteiger partial charge in [0, 0.05) is 24.4 Å². The molecule has 1 aromatic rings. The Morgan fingerprint density at radius 1 is 1.69 bits per heavy atom. The average molecular weight is 237 g/mol. The lowest BCUT2D eigenvalue weighted by Gasteiger charge is -2.19. The number of hydrogen-bond acceptors (Lipinski definition) is 5. The van der Waals surface area contributed by atoms with E-state index in [-0.39, 0.29) is 5.84 Å².